The second-order valence-corrected chi connectivity index (χ2v) is 7.80. The second-order valence-electron chi connectivity index (χ2n) is 7.80. The summed E-state index contributed by atoms with van der Waals surface area (Å²) in [5.41, 5.74) is 6.94. The molecule has 3 fully saturated rings. The van der Waals surface area contributed by atoms with Crippen molar-refractivity contribution in [2.24, 2.45) is 17.1 Å². The SMILES string of the molecule is NCC(C1CCCCCC1)N1CCC2(CCCC2)CC1. The van der Waals surface area contributed by atoms with E-state index in [0.717, 1.165) is 17.9 Å². The van der Waals surface area contributed by atoms with Gasteiger partial charge in [0, 0.05) is 12.6 Å². The van der Waals surface area contributed by atoms with Gasteiger partial charge in [-0.05, 0) is 62.9 Å². The van der Waals surface area contributed by atoms with Gasteiger partial charge in [-0.15, -0.1) is 0 Å². The van der Waals surface area contributed by atoms with E-state index in [4.69, 9.17) is 5.73 Å². The lowest BCUT2D eigenvalue weighted by molar-refractivity contribution is 0.0521. The van der Waals surface area contributed by atoms with Crippen LogP contribution in [-0.2, 0) is 0 Å². The summed E-state index contributed by atoms with van der Waals surface area (Å²) in [6, 6.07) is 0.687. The van der Waals surface area contributed by atoms with Gasteiger partial charge in [-0.25, -0.2) is 0 Å². The molecule has 20 heavy (non-hydrogen) atoms. The van der Waals surface area contributed by atoms with Crippen molar-refractivity contribution in [3.8, 4) is 0 Å². The lowest BCUT2D eigenvalue weighted by atomic mass is 9.76. The number of nitrogens with two attached hydrogens (primary N) is 1. The normalized spacial score (nSPS) is 30.4. The van der Waals surface area contributed by atoms with E-state index in [1.54, 1.807) is 0 Å². The average Bonchev–Trinajstić information content (AvgIpc) is 2.76. The molecule has 116 valence electrons. The van der Waals surface area contributed by atoms with E-state index in [2.05, 4.69) is 4.90 Å². The number of hydrogen-bond acceptors (Lipinski definition) is 2. The summed E-state index contributed by atoms with van der Waals surface area (Å²) in [7, 11) is 0. The Hall–Kier alpha value is -0.0800. The summed E-state index contributed by atoms with van der Waals surface area (Å²) >= 11 is 0. The van der Waals surface area contributed by atoms with Gasteiger partial charge < -0.3 is 5.73 Å². The Morgan fingerprint density at radius 2 is 1.45 bits per heavy atom. The molecule has 1 unspecified atom stereocenters. The largest absolute Gasteiger partial charge is 0.329 e. The van der Waals surface area contributed by atoms with Crippen LogP contribution in [0.4, 0.5) is 0 Å². The van der Waals surface area contributed by atoms with Crippen molar-refractivity contribution >= 4 is 0 Å². The van der Waals surface area contributed by atoms with Gasteiger partial charge in [0.2, 0.25) is 0 Å². The molecule has 0 radical (unpaired) electrons. The van der Waals surface area contributed by atoms with Crippen molar-refractivity contribution < 1.29 is 0 Å². The quantitative estimate of drug-likeness (QED) is 0.792. The first-order valence-electron chi connectivity index (χ1n) is 9.27. The van der Waals surface area contributed by atoms with E-state index in [0.29, 0.717) is 6.04 Å². The highest BCUT2D eigenvalue weighted by molar-refractivity contribution is 4.93. The molecule has 2 N–H and O–H groups in total. The maximum Gasteiger partial charge on any atom is 0.0246 e. The van der Waals surface area contributed by atoms with Crippen molar-refractivity contribution in [1.82, 2.24) is 4.90 Å². The van der Waals surface area contributed by atoms with Gasteiger partial charge in [-0.1, -0.05) is 38.5 Å². The Balaban J connectivity index is 1.56. The van der Waals surface area contributed by atoms with Gasteiger partial charge in [0.15, 0.2) is 0 Å². The fraction of sp³-hybridized carbons (Fsp3) is 1.00. The summed E-state index contributed by atoms with van der Waals surface area (Å²) in [5.74, 6) is 0.889. The molecule has 0 aromatic carbocycles. The van der Waals surface area contributed by atoms with Gasteiger partial charge in [0.1, 0.15) is 0 Å². The Labute approximate surface area is 125 Å². The molecule has 0 bridgehead atoms. The van der Waals surface area contributed by atoms with Crippen molar-refractivity contribution in [2.45, 2.75) is 83.1 Å². The second kappa shape index (κ2) is 6.79. The van der Waals surface area contributed by atoms with Crippen molar-refractivity contribution in [2.75, 3.05) is 19.6 Å². The molecule has 1 heterocycles. The van der Waals surface area contributed by atoms with Gasteiger partial charge in [0.05, 0.1) is 0 Å². The van der Waals surface area contributed by atoms with E-state index in [1.165, 1.54) is 90.1 Å². The van der Waals surface area contributed by atoms with Gasteiger partial charge in [0.25, 0.3) is 0 Å². The van der Waals surface area contributed by atoms with Crippen LogP contribution in [0.2, 0.25) is 0 Å². The Bertz CT molecular complexity index is 278. The molecule has 2 saturated carbocycles. The molecule has 2 aliphatic carbocycles. The molecule has 3 aliphatic rings. The van der Waals surface area contributed by atoms with Crippen LogP contribution in [0.5, 0.6) is 0 Å². The zero-order valence-corrected chi connectivity index (χ0v) is 13.3. The highest BCUT2D eigenvalue weighted by Gasteiger charge is 2.39. The summed E-state index contributed by atoms with van der Waals surface area (Å²) in [6.07, 6.45) is 17.6. The van der Waals surface area contributed by atoms with Crippen molar-refractivity contribution in [3.05, 3.63) is 0 Å². The fourth-order valence-electron chi connectivity index (χ4n) is 5.29. The lowest BCUT2D eigenvalue weighted by Gasteiger charge is -2.44. The van der Waals surface area contributed by atoms with Crippen molar-refractivity contribution in [3.63, 3.8) is 0 Å². The van der Waals surface area contributed by atoms with E-state index < -0.39 is 0 Å². The first-order chi connectivity index (χ1) is 9.83. The van der Waals surface area contributed by atoms with Crippen LogP contribution in [0.1, 0.15) is 77.0 Å². The minimum Gasteiger partial charge on any atom is -0.329 e. The third-order valence-corrected chi connectivity index (χ3v) is 6.68. The van der Waals surface area contributed by atoms with Crippen molar-refractivity contribution in [1.29, 1.82) is 0 Å². The molecular weight excluding hydrogens is 244 g/mol. The maximum atomic E-state index is 6.19. The first kappa shape index (κ1) is 14.8. The van der Waals surface area contributed by atoms with E-state index in [-0.39, 0.29) is 0 Å². The smallest absolute Gasteiger partial charge is 0.0246 e. The molecule has 1 atom stereocenters. The third kappa shape index (κ3) is 3.22. The van der Waals surface area contributed by atoms with Crippen LogP contribution >= 0.6 is 0 Å². The van der Waals surface area contributed by atoms with Crippen LogP contribution in [0.3, 0.4) is 0 Å². The first-order valence-corrected chi connectivity index (χ1v) is 9.27. The molecule has 1 saturated heterocycles. The number of hydrogen-bond donors (Lipinski definition) is 1. The standard InChI is InChI=1S/C18H34N2/c19-15-17(16-7-3-1-2-4-8-16)20-13-11-18(12-14-20)9-5-6-10-18/h16-17H,1-15,19H2. The predicted molar refractivity (Wildman–Crippen MR) is 85.7 cm³/mol. The molecule has 2 nitrogen and oxygen atoms in total. The average molecular weight is 278 g/mol. The Kier molecular flexibility index (Phi) is 5.04. The molecule has 1 spiro atoms. The molecular formula is C18H34N2. The zero-order valence-electron chi connectivity index (χ0n) is 13.3. The fourth-order valence-corrected chi connectivity index (χ4v) is 5.29. The summed E-state index contributed by atoms with van der Waals surface area (Å²) in [4.78, 5) is 2.78. The summed E-state index contributed by atoms with van der Waals surface area (Å²) in [6.45, 7) is 3.55. The molecule has 0 aromatic rings. The molecule has 0 aromatic heterocycles. The minimum atomic E-state index is 0.687. The van der Waals surface area contributed by atoms with Gasteiger partial charge in [-0.2, -0.15) is 0 Å². The Morgan fingerprint density at radius 3 is 2.00 bits per heavy atom. The number of rotatable bonds is 3. The number of piperidine rings is 1. The van der Waals surface area contributed by atoms with Crippen LogP contribution in [0, 0.1) is 11.3 Å². The van der Waals surface area contributed by atoms with Gasteiger partial charge in [-0.3, -0.25) is 4.90 Å². The van der Waals surface area contributed by atoms with Crippen LogP contribution < -0.4 is 5.73 Å². The van der Waals surface area contributed by atoms with Crippen LogP contribution in [0.15, 0.2) is 0 Å². The van der Waals surface area contributed by atoms with Crippen LogP contribution in [0.25, 0.3) is 0 Å². The molecule has 2 heteroatoms. The predicted octanol–water partition coefficient (Wildman–Crippen LogP) is 3.94. The van der Waals surface area contributed by atoms with E-state index in [9.17, 15) is 0 Å². The molecule has 1 aliphatic heterocycles. The van der Waals surface area contributed by atoms with Gasteiger partial charge >= 0.3 is 0 Å². The Morgan fingerprint density at radius 1 is 0.850 bits per heavy atom. The minimum absolute atomic E-state index is 0.687. The number of likely N-dealkylation sites (tertiary alicyclic amines) is 1. The highest BCUT2D eigenvalue weighted by atomic mass is 15.2. The monoisotopic (exact) mass is 278 g/mol. The maximum absolute atomic E-state index is 6.19. The number of nitrogens with zero attached hydrogens (tertiary/aromatic N) is 1. The lowest BCUT2D eigenvalue weighted by Crippen LogP contribution is -2.50. The summed E-state index contributed by atoms with van der Waals surface area (Å²) in [5, 5.41) is 0. The third-order valence-electron chi connectivity index (χ3n) is 6.68. The van der Waals surface area contributed by atoms with E-state index in [1.807, 2.05) is 0 Å². The topological polar surface area (TPSA) is 29.3 Å². The summed E-state index contributed by atoms with van der Waals surface area (Å²) < 4.78 is 0. The highest BCUT2D eigenvalue weighted by Crippen LogP contribution is 2.46. The molecule has 0 amide bonds. The van der Waals surface area contributed by atoms with Crippen LogP contribution in [-0.4, -0.2) is 30.6 Å². The molecule has 3 rings (SSSR count). The van der Waals surface area contributed by atoms with E-state index >= 15 is 0 Å². The zero-order chi connectivity index (χ0) is 13.8.